The van der Waals surface area contributed by atoms with Gasteiger partial charge in [-0.1, -0.05) is 35.9 Å². The first kappa shape index (κ1) is 14.3. The summed E-state index contributed by atoms with van der Waals surface area (Å²) in [6.07, 6.45) is 3.42. The third-order valence-corrected chi connectivity index (χ3v) is 3.24. The van der Waals surface area contributed by atoms with Crippen LogP contribution in [0.4, 0.5) is 4.79 Å². The van der Waals surface area contributed by atoms with Gasteiger partial charge in [-0.25, -0.2) is 4.79 Å². The second-order valence-electron chi connectivity index (χ2n) is 4.43. The number of hydrogen-bond donors (Lipinski definition) is 2. The Hall–Kier alpha value is -2.07. The van der Waals surface area contributed by atoms with E-state index in [9.17, 15) is 4.79 Å². The average Bonchev–Trinajstić information content (AvgIpc) is 2.46. The molecular formula is C15H16ClN3O. The number of carbonyl (C=O) groups excluding carboxylic acids is 1. The Morgan fingerprint density at radius 2 is 2.10 bits per heavy atom. The van der Waals surface area contributed by atoms with Gasteiger partial charge >= 0.3 is 6.03 Å². The summed E-state index contributed by atoms with van der Waals surface area (Å²) in [6, 6.07) is 10.8. The molecule has 2 N–H and O–H groups in total. The number of carbonyl (C=O) groups is 1. The summed E-state index contributed by atoms with van der Waals surface area (Å²) in [5, 5.41) is 6.28. The molecule has 0 aliphatic carbocycles. The van der Waals surface area contributed by atoms with Crippen LogP contribution in [0.25, 0.3) is 0 Å². The number of nitrogens with one attached hydrogen (secondary N) is 2. The number of benzene rings is 1. The van der Waals surface area contributed by atoms with Gasteiger partial charge in [0.2, 0.25) is 0 Å². The summed E-state index contributed by atoms with van der Waals surface area (Å²) in [4.78, 5) is 15.8. The molecular weight excluding hydrogens is 274 g/mol. The van der Waals surface area contributed by atoms with E-state index < -0.39 is 0 Å². The second-order valence-corrected chi connectivity index (χ2v) is 4.84. The summed E-state index contributed by atoms with van der Waals surface area (Å²) in [5.41, 5.74) is 1.85. The van der Waals surface area contributed by atoms with Gasteiger partial charge in [-0.15, -0.1) is 0 Å². The molecule has 1 aromatic carbocycles. The molecule has 5 heteroatoms. The topological polar surface area (TPSA) is 54.0 Å². The van der Waals surface area contributed by atoms with Crippen LogP contribution in [0.5, 0.6) is 0 Å². The van der Waals surface area contributed by atoms with E-state index in [1.165, 1.54) is 0 Å². The SMILES string of the molecule is C[C@H](NC(=O)NCc1cccnc1)c1ccccc1Cl. The van der Waals surface area contributed by atoms with Crippen molar-refractivity contribution in [3.05, 3.63) is 64.9 Å². The van der Waals surface area contributed by atoms with Gasteiger partial charge in [-0.05, 0) is 30.2 Å². The zero-order valence-corrected chi connectivity index (χ0v) is 11.9. The molecule has 0 aliphatic rings. The van der Waals surface area contributed by atoms with E-state index in [-0.39, 0.29) is 12.1 Å². The van der Waals surface area contributed by atoms with Crippen LogP contribution >= 0.6 is 11.6 Å². The number of hydrogen-bond acceptors (Lipinski definition) is 2. The summed E-state index contributed by atoms with van der Waals surface area (Å²) in [5.74, 6) is 0. The van der Waals surface area contributed by atoms with Crippen molar-refractivity contribution in [2.75, 3.05) is 0 Å². The second kappa shape index (κ2) is 6.91. The Morgan fingerprint density at radius 3 is 2.80 bits per heavy atom. The smallest absolute Gasteiger partial charge is 0.315 e. The third-order valence-electron chi connectivity index (χ3n) is 2.90. The number of nitrogens with zero attached hydrogens (tertiary/aromatic N) is 1. The van der Waals surface area contributed by atoms with Crippen LogP contribution < -0.4 is 10.6 Å². The molecule has 0 unspecified atom stereocenters. The van der Waals surface area contributed by atoms with Crippen molar-refractivity contribution in [3.8, 4) is 0 Å². The molecule has 0 bridgehead atoms. The first-order chi connectivity index (χ1) is 9.66. The van der Waals surface area contributed by atoms with Gasteiger partial charge < -0.3 is 10.6 Å². The van der Waals surface area contributed by atoms with Gasteiger partial charge in [0.15, 0.2) is 0 Å². The molecule has 2 rings (SSSR count). The molecule has 2 aromatic rings. The van der Waals surface area contributed by atoms with E-state index in [0.29, 0.717) is 11.6 Å². The van der Waals surface area contributed by atoms with Crippen molar-refractivity contribution in [1.82, 2.24) is 15.6 Å². The minimum absolute atomic E-state index is 0.155. The normalized spacial score (nSPS) is 11.7. The van der Waals surface area contributed by atoms with Crippen LogP contribution in [0.2, 0.25) is 5.02 Å². The maximum Gasteiger partial charge on any atom is 0.315 e. The lowest BCUT2D eigenvalue weighted by molar-refractivity contribution is 0.237. The van der Waals surface area contributed by atoms with Crippen molar-refractivity contribution in [1.29, 1.82) is 0 Å². The molecule has 4 nitrogen and oxygen atoms in total. The number of pyridine rings is 1. The Balaban J connectivity index is 1.87. The van der Waals surface area contributed by atoms with Gasteiger partial charge in [0.25, 0.3) is 0 Å². The molecule has 0 radical (unpaired) electrons. The standard InChI is InChI=1S/C15H16ClN3O/c1-11(13-6-2-3-7-14(13)16)19-15(20)18-10-12-5-4-8-17-9-12/h2-9,11H,10H2,1H3,(H2,18,19,20)/t11-/m0/s1. The fraction of sp³-hybridized carbons (Fsp3) is 0.200. The first-order valence-electron chi connectivity index (χ1n) is 6.34. The van der Waals surface area contributed by atoms with Crippen LogP contribution in [0.3, 0.4) is 0 Å². The Bertz CT molecular complexity index is 574. The molecule has 1 heterocycles. The van der Waals surface area contributed by atoms with Crippen LogP contribution in [0, 0.1) is 0 Å². The molecule has 0 aliphatic heterocycles. The van der Waals surface area contributed by atoms with E-state index in [1.54, 1.807) is 12.4 Å². The van der Waals surface area contributed by atoms with Crippen LogP contribution in [-0.2, 0) is 6.54 Å². The number of aromatic nitrogens is 1. The highest BCUT2D eigenvalue weighted by Crippen LogP contribution is 2.21. The monoisotopic (exact) mass is 289 g/mol. The summed E-state index contributed by atoms with van der Waals surface area (Å²) < 4.78 is 0. The summed E-state index contributed by atoms with van der Waals surface area (Å²) in [6.45, 7) is 2.33. The molecule has 2 amide bonds. The zero-order valence-electron chi connectivity index (χ0n) is 11.1. The number of urea groups is 1. The lowest BCUT2D eigenvalue weighted by Gasteiger charge is -2.16. The van der Waals surface area contributed by atoms with Crippen molar-refractivity contribution < 1.29 is 4.79 Å². The summed E-state index contributed by atoms with van der Waals surface area (Å²) >= 11 is 6.10. The van der Waals surface area contributed by atoms with Gasteiger partial charge in [-0.2, -0.15) is 0 Å². The average molecular weight is 290 g/mol. The van der Waals surface area contributed by atoms with Crippen LogP contribution in [0.1, 0.15) is 24.1 Å². The first-order valence-corrected chi connectivity index (χ1v) is 6.72. The molecule has 0 saturated carbocycles. The minimum atomic E-state index is -0.235. The highest BCUT2D eigenvalue weighted by molar-refractivity contribution is 6.31. The van der Waals surface area contributed by atoms with Crippen molar-refractivity contribution in [2.24, 2.45) is 0 Å². The summed E-state index contributed by atoms with van der Waals surface area (Å²) in [7, 11) is 0. The predicted molar refractivity (Wildman–Crippen MR) is 79.5 cm³/mol. The van der Waals surface area contributed by atoms with Gasteiger partial charge in [0, 0.05) is 24.0 Å². The zero-order chi connectivity index (χ0) is 14.4. The van der Waals surface area contributed by atoms with Crippen LogP contribution in [-0.4, -0.2) is 11.0 Å². The molecule has 104 valence electrons. The number of rotatable bonds is 4. The molecule has 0 fully saturated rings. The Kier molecular flexibility index (Phi) is 4.96. The molecule has 0 saturated heterocycles. The predicted octanol–water partition coefficient (Wildman–Crippen LogP) is 3.30. The van der Waals surface area contributed by atoms with Crippen molar-refractivity contribution >= 4 is 17.6 Å². The number of amides is 2. The molecule has 0 spiro atoms. The maximum absolute atomic E-state index is 11.8. The van der Waals surface area contributed by atoms with E-state index >= 15 is 0 Å². The van der Waals surface area contributed by atoms with Crippen LogP contribution in [0.15, 0.2) is 48.8 Å². The number of halogens is 1. The molecule has 1 atom stereocenters. The van der Waals surface area contributed by atoms with Crippen molar-refractivity contribution in [2.45, 2.75) is 19.5 Å². The largest absolute Gasteiger partial charge is 0.334 e. The highest BCUT2D eigenvalue weighted by atomic mass is 35.5. The fourth-order valence-electron chi connectivity index (χ4n) is 1.84. The fourth-order valence-corrected chi connectivity index (χ4v) is 2.14. The van der Waals surface area contributed by atoms with Gasteiger partial charge in [0.1, 0.15) is 0 Å². The molecule has 20 heavy (non-hydrogen) atoms. The minimum Gasteiger partial charge on any atom is -0.334 e. The van der Waals surface area contributed by atoms with Gasteiger partial charge in [-0.3, -0.25) is 4.98 Å². The van der Waals surface area contributed by atoms with E-state index in [4.69, 9.17) is 11.6 Å². The van der Waals surface area contributed by atoms with E-state index in [2.05, 4.69) is 15.6 Å². The quantitative estimate of drug-likeness (QED) is 0.907. The third kappa shape index (κ3) is 3.96. The highest BCUT2D eigenvalue weighted by Gasteiger charge is 2.11. The van der Waals surface area contributed by atoms with E-state index in [0.717, 1.165) is 11.1 Å². The maximum atomic E-state index is 11.8. The lowest BCUT2D eigenvalue weighted by atomic mass is 10.1. The Morgan fingerprint density at radius 1 is 1.30 bits per heavy atom. The Labute approximate surface area is 123 Å². The lowest BCUT2D eigenvalue weighted by Crippen LogP contribution is -2.36. The van der Waals surface area contributed by atoms with Gasteiger partial charge in [0.05, 0.1) is 6.04 Å². The van der Waals surface area contributed by atoms with E-state index in [1.807, 2.05) is 43.3 Å². The van der Waals surface area contributed by atoms with Crippen molar-refractivity contribution in [3.63, 3.8) is 0 Å². The molecule has 1 aromatic heterocycles.